The maximum atomic E-state index is 9.61. The first kappa shape index (κ1) is 18.7. The highest BCUT2D eigenvalue weighted by atomic mass is 79.9. The molecule has 100 valence electrons. The third-order valence-corrected chi connectivity index (χ3v) is 3.04. The van der Waals surface area contributed by atoms with Crippen molar-refractivity contribution < 1.29 is 10.2 Å². The lowest BCUT2D eigenvalue weighted by Gasteiger charge is -2.24. The summed E-state index contributed by atoms with van der Waals surface area (Å²) >= 11 is 0. The molecule has 0 aromatic heterocycles. The van der Waals surface area contributed by atoms with Gasteiger partial charge in [-0.3, -0.25) is 0 Å². The van der Waals surface area contributed by atoms with Crippen LogP contribution in [0.4, 0.5) is 0 Å². The minimum Gasteiger partial charge on any atom is -0.396 e. The molecular formula is C12H28BrNO2. The molecule has 0 aliphatic heterocycles. The summed E-state index contributed by atoms with van der Waals surface area (Å²) in [7, 11) is 0. The van der Waals surface area contributed by atoms with Crippen LogP contribution < -0.4 is 5.73 Å². The van der Waals surface area contributed by atoms with Gasteiger partial charge in [0.25, 0.3) is 0 Å². The molecule has 0 saturated heterocycles. The minimum absolute atomic E-state index is 0. The van der Waals surface area contributed by atoms with E-state index in [1.54, 1.807) is 0 Å². The normalized spacial score (nSPS) is 16.3. The van der Waals surface area contributed by atoms with Crippen molar-refractivity contribution in [2.45, 2.75) is 64.5 Å². The third-order valence-electron chi connectivity index (χ3n) is 3.04. The zero-order valence-corrected chi connectivity index (χ0v) is 12.3. The molecule has 4 heteroatoms. The average molecular weight is 298 g/mol. The fourth-order valence-electron chi connectivity index (χ4n) is 1.79. The Hall–Kier alpha value is 0.360. The number of rotatable bonds is 9. The van der Waals surface area contributed by atoms with Gasteiger partial charge in [0.1, 0.15) is 0 Å². The summed E-state index contributed by atoms with van der Waals surface area (Å²) in [5, 5.41) is 18.3. The highest BCUT2D eigenvalue weighted by molar-refractivity contribution is 8.93. The van der Waals surface area contributed by atoms with Crippen molar-refractivity contribution >= 4 is 17.0 Å². The Bertz CT molecular complexity index is 147. The van der Waals surface area contributed by atoms with E-state index in [1.807, 2.05) is 0 Å². The van der Waals surface area contributed by atoms with Crippen LogP contribution in [0.3, 0.4) is 0 Å². The van der Waals surface area contributed by atoms with E-state index < -0.39 is 6.10 Å². The maximum Gasteiger partial charge on any atom is 0.0715 e. The van der Waals surface area contributed by atoms with Gasteiger partial charge in [-0.05, 0) is 18.8 Å². The second-order valence-electron chi connectivity index (χ2n) is 4.48. The summed E-state index contributed by atoms with van der Waals surface area (Å²) in [4.78, 5) is 0. The number of aliphatic hydroxyl groups is 2. The molecule has 3 atom stereocenters. The van der Waals surface area contributed by atoms with Gasteiger partial charge in [-0.25, -0.2) is 0 Å². The van der Waals surface area contributed by atoms with Crippen molar-refractivity contribution in [3.05, 3.63) is 0 Å². The molecule has 0 heterocycles. The summed E-state index contributed by atoms with van der Waals surface area (Å²) in [6, 6.07) is -0.196. The molecule has 0 aromatic rings. The highest BCUT2D eigenvalue weighted by Gasteiger charge is 2.20. The summed E-state index contributed by atoms with van der Waals surface area (Å²) < 4.78 is 0. The van der Waals surface area contributed by atoms with E-state index in [0.717, 1.165) is 6.42 Å². The van der Waals surface area contributed by atoms with Crippen molar-refractivity contribution in [1.29, 1.82) is 0 Å². The molecule has 0 aliphatic carbocycles. The lowest BCUT2D eigenvalue weighted by molar-refractivity contribution is 0.0884. The second-order valence-corrected chi connectivity index (χ2v) is 4.48. The molecule has 3 nitrogen and oxygen atoms in total. The smallest absolute Gasteiger partial charge is 0.0715 e. The zero-order valence-electron chi connectivity index (χ0n) is 10.6. The monoisotopic (exact) mass is 297 g/mol. The van der Waals surface area contributed by atoms with Crippen molar-refractivity contribution in [3.8, 4) is 0 Å². The largest absolute Gasteiger partial charge is 0.396 e. The van der Waals surface area contributed by atoms with Crippen molar-refractivity contribution in [1.82, 2.24) is 0 Å². The van der Waals surface area contributed by atoms with E-state index in [2.05, 4.69) is 13.8 Å². The zero-order chi connectivity index (χ0) is 11.7. The van der Waals surface area contributed by atoms with Crippen LogP contribution in [0.15, 0.2) is 0 Å². The molecule has 0 spiro atoms. The van der Waals surface area contributed by atoms with Crippen molar-refractivity contribution in [2.24, 2.45) is 11.7 Å². The number of hydrogen-bond donors (Lipinski definition) is 3. The van der Waals surface area contributed by atoms with E-state index in [9.17, 15) is 5.11 Å². The molecule has 0 saturated carbocycles. The van der Waals surface area contributed by atoms with Gasteiger partial charge in [-0.15, -0.1) is 17.0 Å². The Morgan fingerprint density at radius 2 is 1.75 bits per heavy atom. The van der Waals surface area contributed by atoms with Crippen molar-refractivity contribution in [2.75, 3.05) is 6.61 Å². The predicted octanol–water partition coefficient (Wildman–Crippen LogP) is 2.24. The van der Waals surface area contributed by atoms with E-state index in [4.69, 9.17) is 10.8 Å². The Kier molecular flexibility index (Phi) is 13.8. The van der Waals surface area contributed by atoms with Gasteiger partial charge >= 0.3 is 0 Å². The van der Waals surface area contributed by atoms with Gasteiger partial charge in [-0.1, -0.05) is 39.5 Å². The van der Waals surface area contributed by atoms with Gasteiger partial charge in [-0.2, -0.15) is 0 Å². The third kappa shape index (κ3) is 8.50. The molecule has 0 aromatic carbocycles. The lowest BCUT2D eigenvalue weighted by atomic mass is 9.91. The van der Waals surface area contributed by atoms with E-state index in [1.165, 1.54) is 25.7 Å². The van der Waals surface area contributed by atoms with Crippen LogP contribution in [0.1, 0.15) is 52.4 Å². The van der Waals surface area contributed by atoms with E-state index in [0.29, 0.717) is 12.3 Å². The van der Waals surface area contributed by atoms with E-state index >= 15 is 0 Å². The Morgan fingerprint density at radius 1 is 1.12 bits per heavy atom. The quantitative estimate of drug-likeness (QED) is 0.572. The van der Waals surface area contributed by atoms with Crippen LogP contribution in [-0.2, 0) is 0 Å². The predicted molar refractivity (Wildman–Crippen MR) is 73.9 cm³/mol. The van der Waals surface area contributed by atoms with Crippen LogP contribution >= 0.6 is 17.0 Å². The summed E-state index contributed by atoms with van der Waals surface area (Å²) in [6.45, 7) is 4.29. The first-order valence-electron chi connectivity index (χ1n) is 6.18. The first-order valence-corrected chi connectivity index (χ1v) is 6.18. The van der Waals surface area contributed by atoms with Crippen LogP contribution in [0, 0.1) is 5.92 Å². The molecule has 0 rings (SSSR count). The van der Waals surface area contributed by atoms with Gasteiger partial charge in [0.05, 0.1) is 6.10 Å². The van der Waals surface area contributed by atoms with Crippen molar-refractivity contribution in [3.63, 3.8) is 0 Å². The molecule has 0 bridgehead atoms. The fraction of sp³-hybridized carbons (Fsp3) is 1.00. The van der Waals surface area contributed by atoms with Crippen LogP contribution in [0.5, 0.6) is 0 Å². The molecule has 3 unspecified atom stereocenters. The van der Waals surface area contributed by atoms with Crippen LogP contribution in [0.25, 0.3) is 0 Å². The van der Waals surface area contributed by atoms with Gasteiger partial charge in [0.2, 0.25) is 0 Å². The first-order chi connectivity index (χ1) is 7.13. The topological polar surface area (TPSA) is 66.5 Å². The van der Waals surface area contributed by atoms with Crippen LogP contribution in [-0.4, -0.2) is 29.0 Å². The lowest BCUT2D eigenvalue weighted by Crippen LogP contribution is -2.40. The maximum absolute atomic E-state index is 9.61. The molecular weight excluding hydrogens is 270 g/mol. The summed E-state index contributed by atoms with van der Waals surface area (Å²) in [5.41, 5.74) is 5.90. The number of unbranched alkanes of at least 4 members (excludes halogenated alkanes) is 3. The molecule has 4 N–H and O–H groups in total. The summed E-state index contributed by atoms with van der Waals surface area (Å²) in [6.07, 6.45) is 5.87. The average Bonchev–Trinajstić information content (AvgIpc) is 2.23. The number of halogens is 1. The highest BCUT2D eigenvalue weighted by Crippen LogP contribution is 2.16. The standard InChI is InChI=1S/C12H27NO2.BrH/c1-3-4-5-6-7-10(2)12(13)11(15)8-9-14;/h10-12,14-15H,3-9,13H2,1-2H3;1H. The minimum atomic E-state index is -0.559. The molecule has 16 heavy (non-hydrogen) atoms. The van der Waals surface area contributed by atoms with Gasteiger partial charge in [0, 0.05) is 12.6 Å². The number of aliphatic hydroxyl groups excluding tert-OH is 2. The van der Waals surface area contributed by atoms with Gasteiger partial charge < -0.3 is 15.9 Å². The fourth-order valence-corrected chi connectivity index (χ4v) is 1.79. The molecule has 0 fully saturated rings. The number of hydrogen-bond acceptors (Lipinski definition) is 3. The molecule has 0 radical (unpaired) electrons. The SMILES string of the molecule is Br.CCCCCCC(C)C(N)C(O)CCO. The Labute approximate surface area is 110 Å². The molecule has 0 amide bonds. The van der Waals surface area contributed by atoms with Crippen LogP contribution in [0.2, 0.25) is 0 Å². The Morgan fingerprint density at radius 3 is 2.25 bits per heavy atom. The Balaban J connectivity index is 0. The second kappa shape index (κ2) is 11.8. The van der Waals surface area contributed by atoms with Gasteiger partial charge in [0.15, 0.2) is 0 Å². The number of nitrogens with two attached hydrogens (primary N) is 1. The molecule has 0 aliphatic rings. The summed E-state index contributed by atoms with van der Waals surface area (Å²) in [5.74, 6) is 0.336. The van der Waals surface area contributed by atoms with E-state index in [-0.39, 0.29) is 29.6 Å².